The minimum absolute atomic E-state index is 0.0805. The average Bonchev–Trinajstić information content (AvgIpc) is 2.96. The van der Waals surface area contributed by atoms with E-state index >= 15 is 0 Å². The van der Waals surface area contributed by atoms with Crippen LogP contribution in [0.15, 0.2) is 18.3 Å². The molecule has 3 heterocycles. The number of aryl methyl sites for hydroxylation is 1. The number of fused-ring (bicyclic) bond motifs is 1. The Labute approximate surface area is 147 Å². The number of hydrogen-bond donors (Lipinski definition) is 1. The molecule has 26 heavy (non-hydrogen) atoms. The summed E-state index contributed by atoms with van der Waals surface area (Å²) in [4.78, 5) is 20.4. The van der Waals surface area contributed by atoms with Crippen LogP contribution >= 0.6 is 0 Å². The number of nitrogens with one attached hydrogen (secondary N) is 1. The Balaban J connectivity index is 1.59. The second-order valence-electron chi connectivity index (χ2n) is 6.07. The molecule has 0 saturated carbocycles. The number of ether oxygens (including phenoxy) is 1. The van der Waals surface area contributed by atoms with E-state index < -0.39 is 11.7 Å². The van der Waals surface area contributed by atoms with Crippen molar-refractivity contribution in [2.75, 3.05) is 7.11 Å². The first-order valence-electron chi connectivity index (χ1n) is 8.08. The predicted molar refractivity (Wildman–Crippen MR) is 83.9 cm³/mol. The summed E-state index contributed by atoms with van der Waals surface area (Å²) in [7, 11) is 1.56. The molecule has 1 N–H and O–H groups in total. The van der Waals surface area contributed by atoms with Crippen LogP contribution in [0.5, 0.6) is 0 Å². The number of hydrogen-bond acceptors (Lipinski definition) is 5. The highest BCUT2D eigenvalue weighted by Gasteiger charge is 2.31. The summed E-state index contributed by atoms with van der Waals surface area (Å²) in [5.41, 5.74) is -0.733. The molecule has 2 aromatic heterocycles. The highest BCUT2D eigenvalue weighted by molar-refractivity contribution is 5.78. The number of carbonyl (C=O) groups is 1. The third-order valence-corrected chi connectivity index (χ3v) is 4.03. The molecule has 140 valence electrons. The van der Waals surface area contributed by atoms with Gasteiger partial charge in [-0.2, -0.15) is 18.3 Å². The lowest BCUT2D eigenvalue weighted by molar-refractivity contribution is -0.137. The van der Waals surface area contributed by atoms with Crippen molar-refractivity contribution in [3.05, 3.63) is 41.2 Å². The van der Waals surface area contributed by atoms with E-state index in [1.165, 1.54) is 0 Å². The molecule has 1 aliphatic heterocycles. The van der Waals surface area contributed by atoms with E-state index in [2.05, 4.69) is 20.4 Å². The highest BCUT2D eigenvalue weighted by Crippen LogP contribution is 2.29. The van der Waals surface area contributed by atoms with E-state index in [-0.39, 0.29) is 24.1 Å². The maximum absolute atomic E-state index is 12.7. The van der Waals surface area contributed by atoms with Gasteiger partial charge >= 0.3 is 6.18 Å². The maximum Gasteiger partial charge on any atom is 0.416 e. The van der Waals surface area contributed by atoms with Gasteiger partial charge in [0, 0.05) is 25.8 Å². The lowest BCUT2D eigenvalue weighted by Crippen LogP contribution is -2.42. The van der Waals surface area contributed by atoms with Crippen molar-refractivity contribution in [2.24, 2.45) is 0 Å². The Kier molecular flexibility index (Phi) is 5.21. The molecule has 0 aliphatic carbocycles. The second-order valence-corrected chi connectivity index (χ2v) is 6.07. The second kappa shape index (κ2) is 7.40. The zero-order chi connectivity index (χ0) is 18.7. The molecule has 0 fully saturated rings. The number of aromatic nitrogens is 4. The smallest absolute Gasteiger partial charge is 0.377 e. The Bertz CT molecular complexity index is 790. The summed E-state index contributed by atoms with van der Waals surface area (Å²) < 4.78 is 44.9. The first kappa shape index (κ1) is 18.3. The van der Waals surface area contributed by atoms with Crippen LogP contribution in [0, 0.1) is 0 Å². The van der Waals surface area contributed by atoms with Crippen molar-refractivity contribution in [3.63, 3.8) is 0 Å². The summed E-state index contributed by atoms with van der Waals surface area (Å²) in [6.07, 6.45) is -2.26. The van der Waals surface area contributed by atoms with Crippen molar-refractivity contribution < 1.29 is 22.7 Å². The quantitative estimate of drug-likeness (QED) is 0.864. The van der Waals surface area contributed by atoms with Gasteiger partial charge in [0.1, 0.15) is 12.4 Å². The van der Waals surface area contributed by atoms with Crippen LogP contribution in [0.4, 0.5) is 13.2 Å². The van der Waals surface area contributed by atoms with Crippen molar-refractivity contribution >= 4 is 5.91 Å². The van der Waals surface area contributed by atoms with Gasteiger partial charge in [0.05, 0.1) is 24.2 Å². The number of amides is 1. The number of rotatable bonds is 5. The fraction of sp³-hybridized carbons (Fsp3) is 0.500. The summed E-state index contributed by atoms with van der Waals surface area (Å²) in [6, 6.07) is 1.62. The monoisotopic (exact) mass is 369 g/mol. The van der Waals surface area contributed by atoms with Gasteiger partial charge in [0.25, 0.3) is 0 Å². The molecule has 1 unspecified atom stereocenters. The maximum atomic E-state index is 12.7. The normalized spacial score (nSPS) is 17.0. The van der Waals surface area contributed by atoms with Crippen molar-refractivity contribution in [1.29, 1.82) is 0 Å². The molecular formula is C16H18F3N5O2. The molecule has 3 rings (SSSR count). The average molecular weight is 369 g/mol. The SMILES string of the molecule is COCc1nc2n(n1)CC(NC(=O)Cc1cc(C(F)(F)F)ccn1)CC2. The number of methoxy groups -OCH3 is 1. The van der Waals surface area contributed by atoms with Crippen LogP contribution in [0.1, 0.15) is 29.3 Å². The van der Waals surface area contributed by atoms with E-state index in [9.17, 15) is 18.0 Å². The number of halogens is 3. The van der Waals surface area contributed by atoms with Gasteiger partial charge in [-0.25, -0.2) is 9.67 Å². The van der Waals surface area contributed by atoms with E-state index in [1.807, 2.05) is 0 Å². The van der Waals surface area contributed by atoms with Gasteiger partial charge in [-0.05, 0) is 18.6 Å². The van der Waals surface area contributed by atoms with Gasteiger partial charge < -0.3 is 10.1 Å². The molecule has 7 nitrogen and oxygen atoms in total. The minimum Gasteiger partial charge on any atom is -0.377 e. The molecule has 0 aromatic carbocycles. The highest BCUT2D eigenvalue weighted by atomic mass is 19.4. The number of pyridine rings is 1. The zero-order valence-electron chi connectivity index (χ0n) is 14.1. The number of alkyl halides is 3. The summed E-state index contributed by atoms with van der Waals surface area (Å²) in [6.45, 7) is 0.784. The first-order valence-corrected chi connectivity index (χ1v) is 8.08. The standard InChI is InChI=1S/C16H18F3N5O2/c1-26-9-13-22-14-3-2-11(8-24(14)23-13)21-15(25)7-12-6-10(4-5-20-12)16(17,18)19/h4-6,11H,2-3,7-9H2,1H3,(H,21,25). The fourth-order valence-corrected chi connectivity index (χ4v) is 2.86. The predicted octanol–water partition coefficient (Wildman–Crippen LogP) is 1.51. The number of nitrogens with zero attached hydrogens (tertiary/aromatic N) is 4. The minimum atomic E-state index is -4.46. The van der Waals surface area contributed by atoms with Crippen molar-refractivity contribution in [1.82, 2.24) is 25.1 Å². The van der Waals surface area contributed by atoms with Gasteiger partial charge in [0.2, 0.25) is 5.91 Å². The molecule has 0 saturated heterocycles. The molecule has 0 radical (unpaired) electrons. The van der Waals surface area contributed by atoms with Gasteiger partial charge in [0.15, 0.2) is 5.82 Å². The lowest BCUT2D eigenvalue weighted by Gasteiger charge is -2.23. The van der Waals surface area contributed by atoms with Crippen LogP contribution in [-0.4, -0.2) is 38.8 Å². The Morgan fingerprint density at radius 3 is 3.00 bits per heavy atom. The van der Waals surface area contributed by atoms with E-state index in [0.29, 0.717) is 31.8 Å². The summed E-state index contributed by atoms with van der Waals surface area (Å²) in [5, 5.41) is 7.14. The third-order valence-electron chi connectivity index (χ3n) is 4.03. The van der Waals surface area contributed by atoms with Gasteiger partial charge in [-0.1, -0.05) is 0 Å². The van der Waals surface area contributed by atoms with Crippen LogP contribution in [0.25, 0.3) is 0 Å². The lowest BCUT2D eigenvalue weighted by atomic mass is 10.1. The van der Waals surface area contributed by atoms with Gasteiger partial charge in [-0.3, -0.25) is 9.78 Å². The van der Waals surface area contributed by atoms with Crippen LogP contribution < -0.4 is 5.32 Å². The van der Waals surface area contributed by atoms with Crippen LogP contribution in [-0.2, 0) is 41.7 Å². The number of carbonyl (C=O) groups excluding carboxylic acids is 1. The van der Waals surface area contributed by atoms with Gasteiger partial charge in [-0.15, -0.1) is 0 Å². The Morgan fingerprint density at radius 2 is 2.27 bits per heavy atom. The van der Waals surface area contributed by atoms with Crippen molar-refractivity contribution in [3.8, 4) is 0 Å². The molecule has 1 amide bonds. The van der Waals surface area contributed by atoms with E-state index in [1.54, 1.807) is 11.8 Å². The largest absolute Gasteiger partial charge is 0.416 e. The molecule has 2 aromatic rings. The van der Waals surface area contributed by atoms with Crippen LogP contribution in [0.3, 0.4) is 0 Å². The van der Waals surface area contributed by atoms with Crippen LogP contribution in [0.2, 0.25) is 0 Å². The summed E-state index contributed by atoms with van der Waals surface area (Å²) >= 11 is 0. The molecule has 0 bridgehead atoms. The fourth-order valence-electron chi connectivity index (χ4n) is 2.86. The topological polar surface area (TPSA) is 81.9 Å². The first-order chi connectivity index (χ1) is 12.3. The molecule has 10 heteroatoms. The summed E-state index contributed by atoms with van der Waals surface area (Å²) in [5.74, 6) is 1.05. The van der Waals surface area contributed by atoms with Crippen molar-refractivity contribution in [2.45, 2.75) is 44.6 Å². The molecule has 1 atom stereocenters. The third kappa shape index (κ3) is 4.37. The van der Waals surface area contributed by atoms with E-state index in [0.717, 1.165) is 24.2 Å². The van der Waals surface area contributed by atoms with E-state index in [4.69, 9.17) is 4.74 Å². The molecule has 1 aliphatic rings. The zero-order valence-corrected chi connectivity index (χ0v) is 14.1. The molecular weight excluding hydrogens is 351 g/mol. The Hall–Kier alpha value is -2.49. The molecule has 0 spiro atoms. The Morgan fingerprint density at radius 1 is 1.46 bits per heavy atom.